The van der Waals surface area contributed by atoms with Gasteiger partial charge in [0.05, 0.1) is 6.61 Å². The molecule has 0 fully saturated rings. The molecule has 0 radical (unpaired) electrons. The van der Waals surface area contributed by atoms with E-state index >= 15 is 0 Å². The van der Waals surface area contributed by atoms with Crippen molar-refractivity contribution < 1.29 is 14.3 Å². The van der Waals surface area contributed by atoms with Crippen LogP contribution >= 0.6 is 15.9 Å². The Bertz CT molecular complexity index is 417. The van der Waals surface area contributed by atoms with Crippen molar-refractivity contribution in [3.05, 3.63) is 28.7 Å². The highest BCUT2D eigenvalue weighted by Crippen LogP contribution is 2.23. The summed E-state index contributed by atoms with van der Waals surface area (Å²) in [4.78, 5) is 11.5. The van der Waals surface area contributed by atoms with Gasteiger partial charge in [-0.1, -0.05) is 15.9 Å². The third-order valence-corrected chi connectivity index (χ3v) is 3.04. The molecule has 19 heavy (non-hydrogen) atoms. The lowest BCUT2D eigenvalue weighted by Crippen LogP contribution is -2.42. The van der Waals surface area contributed by atoms with E-state index in [4.69, 9.17) is 15.2 Å². The van der Waals surface area contributed by atoms with Gasteiger partial charge in [0, 0.05) is 10.9 Å². The summed E-state index contributed by atoms with van der Waals surface area (Å²) >= 11 is 3.36. The second-order valence-electron chi connectivity index (χ2n) is 4.88. The number of esters is 1. The molecule has 1 aromatic carbocycles. The van der Waals surface area contributed by atoms with Crippen molar-refractivity contribution in [3.8, 4) is 5.75 Å². The Morgan fingerprint density at radius 1 is 1.37 bits per heavy atom. The Morgan fingerprint density at radius 2 is 1.95 bits per heavy atom. The van der Waals surface area contributed by atoms with E-state index in [0.29, 0.717) is 13.0 Å². The Balaban J connectivity index is 2.60. The number of halogens is 1. The predicted molar refractivity (Wildman–Crippen MR) is 78.1 cm³/mol. The molecular formula is C14H20BrNO3. The molecular weight excluding hydrogens is 310 g/mol. The average Bonchev–Trinajstić information content (AvgIpc) is 2.31. The van der Waals surface area contributed by atoms with Crippen LogP contribution in [0.2, 0.25) is 0 Å². The van der Waals surface area contributed by atoms with Gasteiger partial charge >= 0.3 is 5.97 Å². The van der Waals surface area contributed by atoms with Crippen LogP contribution in [0.25, 0.3) is 0 Å². The van der Waals surface area contributed by atoms with E-state index in [9.17, 15) is 4.79 Å². The van der Waals surface area contributed by atoms with Gasteiger partial charge in [0.15, 0.2) is 0 Å². The highest BCUT2D eigenvalue weighted by molar-refractivity contribution is 9.10. The first kappa shape index (κ1) is 16.0. The van der Waals surface area contributed by atoms with Gasteiger partial charge in [-0.3, -0.25) is 4.79 Å². The summed E-state index contributed by atoms with van der Waals surface area (Å²) < 4.78 is 11.7. The van der Waals surface area contributed by atoms with Crippen molar-refractivity contribution in [1.82, 2.24) is 0 Å². The van der Waals surface area contributed by atoms with Crippen LogP contribution in [-0.4, -0.2) is 24.2 Å². The number of carbonyl (C=O) groups excluding carboxylic acids is 1. The molecule has 1 atom stereocenters. The molecule has 0 spiro atoms. The van der Waals surface area contributed by atoms with Gasteiger partial charge in [-0.05, 0) is 45.0 Å². The van der Waals surface area contributed by atoms with Gasteiger partial charge in [-0.2, -0.15) is 0 Å². The zero-order valence-corrected chi connectivity index (χ0v) is 13.1. The summed E-state index contributed by atoms with van der Waals surface area (Å²) in [5.74, 6) is 0.347. The molecule has 0 aliphatic rings. The summed E-state index contributed by atoms with van der Waals surface area (Å²) in [6, 6.07) is 6.85. The molecule has 1 unspecified atom stereocenters. The van der Waals surface area contributed by atoms with Crippen LogP contribution in [0.5, 0.6) is 5.75 Å². The van der Waals surface area contributed by atoms with Crippen LogP contribution in [0, 0.1) is 0 Å². The Labute approximate surface area is 122 Å². The molecule has 0 amide bonds. The van der Waals surface area contributed by atoms with E-state index < -0.39 is 17.6 Å². The Hall–Kier alpha value is -1.07. The van der Waals surface area contributed by atoms with Crippen molar-refractivity contribution >= 4 is 21.9 Å². The minimum Gasteiger partial charge on any atom is -0.488 e. The number of ether oxygens (including phenoxy) is 2. The van der Waals surface area contributed by atoms with E-state index in [0.717, 1.165) is 10.2 Å². The lowest BCUT2D eigenvalue weighted by molar-refractivity contribution is -0.145. The second-order valence-corrected chi connectivity index (χ2v) is 5.79. The number of benzene rings is 1. The molecule has 2 N–H and O–H groups in total. The molecule has 0 aliphatic carbocycles. The molecule has 0 aromatic heterocycles. The highest BCUT2D eigenvalue weighted by Gasteiger charge is 2.27. The molecule has 5 heteroatoms. The first-order valence-corrected chi connectivity index (χ1v) is 7.00. The quantitative estimate of drug-likeness (QED) is 0.815. The Kier molecular flexibility index (Phi) is 5.82. The van der Waals surface area contributed by atoms with Crippen LogP contribution in [0.3, 0.4) is 0 Å². The van der Waals surface area contributed by atoms with E-state index in [-0.39, 0.29) is 0 Å². The van der Waals surface area contributed by atoms with E-state index in [2.05, 4.69) is 15.9 Å². The number of nitrogens with two attached hydrogens (primary N) is 1. The standard InChI is InChI=1S/C14H20BrNO3/c1-4-18-13(17)12(16)9-14(2,3)19-11-7-5-10(15)6-8-11/h5-8,12H,4,9,16H2,1-3H3. The smallest absolute Gasteiger partial charge is 0.323 e. The molecule has 4 nitrogen and oxygen atoms in total. The van der Waals surface area contributed by atoms with Crippen molar-refractivity contribution in [2.45, 2.75) is 38.8 Å². The average molecular weight is 330 g/mol. The zero-order valence-electron chi connectivity index (χ0n) is 11.5. The topological polar surface area (TPSA) is 61.5 Å². The van der Waals surface area contributed by atoms with Gasteiger partial charge in [0.1, 0.15) is 17.4 Å². The largest absolute Gasteiger partial charge is 0.488 e. The van der Waals surface area contributed by atoms with Gasteiger partial charge in [-0.25, -0.2) is 0 Å². The SMILES string of the molecule is CCOC(=O)C(N)CC(C)(C)Oc1ccc(Br)cc1. The van der Waals surface area contributed by atoms with Crippen molar-refractivity contribution in [1.29, 1.82) is 0 Å². The Morgan fingerprint density at radius 3 is 2.47 bits per heavy atom. The van der Waals surface area contributed by atoms with Crippen LogP contribution in [0.1, 0.15) is 27.2 Å². The van der Waals surface area contributed by atoms with Crippen LogP contribution < -0.4 is 10.5 Å². The fourth-order valence-corrected chi connectivity index (χ4v) is 1.99. The minimum absolute atomic E-state index is 0.334. The molecule has 106 valence electrons. The molecule has 0 saturated heterocycles. The molecule has 0 aliphatic heterocycles. The highest BCUT2D eigenvalue weighted by atomic mass is 79.9. The maximum atomic E-state index is 11.5. The third-order valence-electron chi connectivity index (χ3n) is 2.51. The number of rotatable bonds is 6. The van der Waals surface area contributed by atoms with Crippen LogP contribution in [-0.2, 0) is 9.53 Å². The van der Waals surface area contributed by atoms with Gasteiger partial charge in [0.25, 0.3) is 0 Å². The fourth-order valence-electron chi connectivity index (χ4n) is 1.73. The lowest BCUT2D eigenvalue weighted by Gasteiger charge is -2.28. The number of hydrogen-bond acceptors (Lipinski definition) is 4. The zero-order chi connectivity index (χ0) is 14.5. The maximum absolute atomic E-state index is 11.5. The van der Waals surface area contributed by atoms with Gasteiger partial charge < -0.3 is 15.2 Å². The van der Waals surface area contributed by atoms with Gasteiger partial charge in [0.2, 0.25) is 0 Å². The first-order chi connectivity index (χ1) is 8.84. The summed E-state index contributed by atoms with van der Waals surface area (Å²) in [5, 5.41) is 0. The maximum Gasteiger partial charge on any atom is 0.323 e. The number of carbonyl (C=O) groups is 1. The third kappa shape index (κ3) is 5.61. The summed E-state index contributed by atoms with van der Waals surface area (Å²) in [5.41, 5.74) is 5.26. The molecule has 0 bridgehead atoms. The minimum atomic E-state index is -0.676. The molecule has 0 saturated carbocycles. The summed E-state index contributed by atoms with van der Waals surface area (Å²) in [7, 11) is 0. The normalized spacial score (nSPS) is 12.9. The number of hydrogen-bond donors (Lipinski definition) is 1. The summed E-state index contributed by atoms with van der Waals surface area (Å²) in [6.45, 7) is 5.89. The lowest BCUT2D eigenvalue weighted by atomic mass is 9.99. The molecule has 1 rings (SSSR count). The van der Waals surface area contributed by atoms with E-state index in [1.165, 1.54) is 0 Å². The van der Waals surface area contributed by atoms with E-state index in [1.807, 2.05) is 38.1 Å². The van der Waals surface area contributed by atoms with Crippen LogP contribution in [0.15, 0.2) is 28.7 Å². The summed E-state index contributed by atoms with van der Waals surface area (Å²) in [6.07, 6.45) is 0.391. The fraction of sp³-hybridized carbons (Fsp3) is 0.500. The van der Waals surface area contributed by atoms with E-state index in [1.54, 1.807) is 6.92 Å². The second kappa shape index (κ2) is 6.91. The van der Waals surface area contributed by atoms with Gasteiger partial charge in [-0.15, -0.1) is 0 Å². The first-order valence-electron chi connectivity index (χ1n) is 6.21. The molecule has 1 aromatic rings. The predicted octanol–water partition coefficient (Wildman–Crippen LogP) is 2.89. The molecule has 0 heterocycles. The van der Waals surface area contributed by atoms with Crippen molar-refractivity contribution in [3.63, 3.8) is 0 Å². The van der Waals surface area contributed by atoms with Crippen molar-refractivity contribution in [2.75, 3.05) is 6.61 Å². The van der Waals surface area contributed by atoms with Crippen LogP contribution in [0.4, 0.5) is 0 Å². The van der Waals surface area contributed by atoms with Crippen molar-refractivity contribution in [2.24, 2.45) is 5.73 Å². The monoisotopic (exact) mass is 329 g/mol.